The van der Waals surface area contributed by atoms with Gasteiger partial charge in [0, 0.05) is 5.56 Å². The van der Waals surface area contributed by atoms with Crippen LogP contribution in [0.15, 0.2) is 29.3 Å². The summed E-state index contributed by atoms with van der Waals surface area (Å²) in [5, 5.41) is 2.81. The molecule has 78 valence electrons. The van der Waals surface area contributed by atoms with E-state index in [1.54, 1.807) is 0 Å². The van der Waals surface area contributed by atoms with E-state index in [1.807, 2.05) is 38.1 Å². The second-order valence-corrected chi connectivity index (χ2v) is 3.76. The SMILES string of the molecule is CCC1N=C(c2cccc(C)c2)NC1=O. The molecule has 0 radical (unpaired) electrons. The maximum Gasteiger partial charge on any atom is 0.250 e. The van der Waals surface area contributed by atoms with Gasteiger partial charge in [-0.15, -0.1) is 0 Å². The summed E-state index contributed by atoms with van der Waals surface area (Å²) in [6.07, 6.45) is 0.751. The maximum atomic E-state index is 11.4. The maximum absolute atomic E-state index is 11.4. The van der Waals surface area contributed by atoms with Gasteiger partial charge < -0.3 is 5.32 Å². The van der Waals surface area contributed by atoms with E-state index in [0.29, 0.717) is 5.84 Å². The highest BCUT2D eigenvalue weighted by atomic mass is 16.2. The molecular formula is C12H14N2O. The molecular weight excluding hydrogens is 188 g/mol. The van der Waals surface area contributed by atoms with E-state index < -0.39 is 0 Å². The predicted octanol–water partition coefficient (Wildman–Crippen LogP) is 1.65. The number of benzene rings is 1. The fraction of sp³-hybridized carbons (Fsp3) is 0.333. The van der Waals surface area contributed by atoms with Gasteiger partial charge in [-0.05, 0) is 19.4 Å². The second kappa shape index (κ2) is 3.85. The molecule has 1 aliphatic rings. The van der Waals surface area contributed by atoms with Crippen molar-refractivity contribution in [1.29, 1.82) is 0 Å². The molecule has 0 aromatic heterocycles. The first-order valence-corrected chi connectivity index (χ1v) is 5.16. The zero-order valence-corrected chi connectivity index (χ0v) is 8.95. The van der Waals surface area contributed by atoms with E-state index in [2.05, 4.69) is 10.3 Å². The summed E-state index contributed by atoms with van der Waals surface area (Å²) in [5.41, 5.74) is 2.16. The average Bonchev–Trinajstić information content (AvgIpc) is 2.60. The summed E-state index contributed by atoms with van der Waals surface area (Å²) in [4.78, 5) is 15.8. The van der Waals surface area contributed by atoms with Crippen LogP contribution in [0.4, 0.5) is 0 Å². The number of carbonyl (C=O) groups is 1. The van der Waals surface area contributed by atoms with Gasteiger partial charge in [0.2, 0.25) is 5.91 Å². The van der Waals surface area contributed by atoms with Gasteiger partial charge in [0.1, 0.15) is 11.9 Å². The van der Waals surface area contributed by atoms with Gasteiger partial charge in [-0.25, -0.2) is 0 Å². The van der Waals surface area contributed by atoms with Gasteiger partial charge in [0.25, 0.3) is 0 Å². The lowest BCUT2D eigenvalue weighted by molar-refractivity contribution is -0.120. The number of rotatable bonds is 2. The Bertz CT molecular complexity index is 423. The van der Waals surface area contributed by atoms with Crippen LogP contribution < -0.4 is 5.32 Å². The Balaban J connectivity index is 2.30. The number of hydrogen-bond donors (Lipinski definition) is 1. The Morgan fingerprint density at radius 1 is 1.47 bits per heavy atom. The van der Waals surface area contributed by atoms with Gasteiger partial charge >= 0.3 is 0 Å². The molecule has 0 saturated heterocycles. The van der Waals surface area contributed by atoms with Crippen molar-refractivity contribution < 1.29 is 4.79 Å². The standard InChI is InChI=1S/C12H14N2O/c1-3-10-12(15)14-11(13-10)9-6-4-5-8(2)7-9/h4-7,10H,3H2,1-2H3,(H,13,14,15). The third-order valence-electron chi connectivity index (χ3n) is 2.51. The predicted molar refractivity (Wildman–Crippen MR) is 59.9 cm³/mol. The van der Waals surface area contributed by atoms with Crippen molar-refractivity contribution in [3.8, 4) is 0 Å². The molecule has 0 fully saturated rings. The summed E-state index contributed by atoms with van der Waals surface area (Å²) in [6, 6.07) is 7.78. The highest BCUT2D eigenvalue weighted by Gasteiger charge is 2.24. The fourth-order valence-corrected chi connectivity index (χ4v) is 1.66. The highest BCUT2D eigenvalue weighted by Crippen LogP contribution is 2.11. The Hall–Kier alpha value is -1.64. The van der Waals surface area contributed by atoms with Crippen molar-refractivity contribution >= 4 is 11.7 Å². The van der Waals surface area contributed by atoms with Crippen LogP contribution >= 0.6 is 0 Å². The minimum absolute atomic E-state index is 0.00834. The molecule has 3 heteroatoms. The Morgan fingerprint density at radius 2 is 2.27 bits per heavy atom. The van der Waals surface area contributed by atoms with E-state index in [0.717, 1.165) is 12.0 Å². The van der Waals surface area contributed by atoms with Crippen LogP contribution in [0, 0.1) is 6.92 Å². The van der Waals surface area contributed by atoms with Gasteiger partial charge in [0.15, 0.2) is 0 Å². The molecule has 0 spiro atoms. The van der Waals surface area contributed by atoms with Crippen molar-refractivity contribution in [2.75, 3.05) is 0 Å². The molecule has 1 heterocycles. The molecule has 1 aliphatic heterocycles. The zero-order valence-electron chi connectivity index (χ0n) is 8.95. The van der Waals surface area contributed by atoms with Crippen molar-refractivity contribution in [2.45, 2.75) is 26.3 Å². The minimum Gasteiger partial charge on any atom is -0.309 e. The van der Waals surface area contributed by atoms with Gasteiger partial charge in [-0.3, -0.25) is 9.79 Å². The van der Waals surface area contributed by atoms with Crippen LogP contribution in [0.3, 0.4) is 0 Å². The molecule has 1 unspecified atom stereocenters. The Kier molecular flexibility index (Phi) is 2.54. The molecule has 1 aromatic carbocycles. The number of nitrogens with one attached hydrogen (secondary N) is 1. The quantitative estimate of drug-likeness (QED) is 0.778. The van der Waals surface area contributed by atoms with Crippen molar-refractivity contribution in [3.05, 3.63) is 35.4 Å². The molecule has 0 aliphatic carbocycles. The molecule has 1 amide bonds. The van der Waals surface area contributed by atoms with Crippen molar-refractivity contribution in [3.63, 3.8) is 0 Å². The normalized spacial score (nSPS) is 20.0. The van der Waals surface area contributed by atoms with Crippen LogP contribution in [0.25, 0.3) is 0 Å². The summed E-state index contributed by atoms with van der Waals surface area (Å²) in [5.74, 6) is 0.713. The van der Waals surface area contributed by atoms with Crippen LogP contribution in [0.1, 0.15) is 24.5 Å². The van der Waals surface area contributed by atoms with Crippen LogP contribution in [-0.2, 0) is 4.79 Å². The topological polar surface area (TPSA) is 41.5 Å². The highest BCUT2D eigenvalue weighted by molar-refractivity contribution is 6.13. The number of hydrogen-bond acceptors (Lipinski definition) is 2. The molecule has 0 saturated carbocycles. The third-order valence-corrected chi connectivity index (χ3v) is 2.51. The number of carbonyl (C=O) groups excluding carboxylic acids is 1. The van der Waals surface area contributed by atoms with Gasteiger partial charge in [-0.1, -0.05) is 30.7 Å². The van der Waals surface area contributed by atoms with Crippen LogP contribution in [0.2, 0.25) is 0 Å². The van der Waals surface area contributed by atoms with E-state index in [1.165, 1.54) is 5.56 Å². The Labute approximate surface area is 89.2 Å². The summed E-state index contributed by atoms with van der Waals surface area (Å²) in [7, 11) is 0. The third kappa shape index (κ3) is 1.91. The fourth-order valence-electron chi connectivity index (χ4n) is 1.66. The first-order valence-electron chi connectivity index (χ1n) is 5.16. The largest absolute Gasteiger partial charge is 0.309 e. The molecule has 1 N–H and O–H groups in total. The van der Waals surface area contributed by atoms with Crippen LogP contribution in [-0.4, -0.2) is 17.8 Å². The number of amides is 1. The van der Waals surface area contributed by atoms with Crippen LogP contribution in [0.5, 0.6) is 0 Å². The molecule has 0 bridgehead atoms. The lowest BCUT2D eigenvalue weighted by Gasteiger charge is -2.01. The monoisotopic (exact) mass is 202 g/mol. The first kappa shape index (κ1) is 9.90. The smallest absolute Gasteiger partial charge is 0.250 e. The van der Waals surface area contributed by atoms with Crippen molar-refractivity contribution in [2.24, 2.45) is 4.99 Å². The molecule has 2 rings (SSSR count). The molecule has 3 nitrogen and oxygen atoms in total. The van der Waals surface area contributed by atoms with E-state index >= 15 is 0 Å². The number of aliphatic imine (C=N–C) groups is 1. The average molecular weight is 202 g/mol. The number of nitrogens with zero attached hydrogens (tertiary/aromatic N) is 1. The second-order valence-electron chi connectivity index (χ2n) is 3.76. The molecule has 1 atom stereocenters. The van der Waals surface area contributed by atoms with E-state index in [4.69, 9.17) is 0 Å². The number of amidine groups is 1. The lowest BCUT2D eigenvalue weighted by atomic mass is 10.1. The molecule has 15 heavy (non-hydrogen) atoms. The Morgan fingerprint density at radius 3 is 2.87 bits per heavy atom. The first-order chi connectivity index (χ1) is 7.20. The van der Waals surface area contributed by atoms with E-state index in [-0.39, 0.29) is 11.9 Å². The van der Waals surface area contributed by atoms with Gasteiger partial charge in [-0.2, -0.15) is 0 Å². The summed E-state index contributed by atoms with van der Waals surface area (Å²) < 4.78 is 0. The van der Waals surface area contributed by atoms with Gasteiger partial charge in [0.05, 0.1) is 0 Å². The summed E-state index contributed by atoms with van der Waals surface area (Å²) >= 11 is 0. The van der Waals surface area contributed by atoms with E-state index in [9.17, 15) is 4.79 Å². The minimum atomic E-state index is -0.208. The zero-order chi connectivity index (χ0) is 10.8. The lowest BCUT2D eigenvalue weighted by Crippen LogP contribution is -2.28. The molecule has 1 aromatic rings. The van der Waals surface area contributed by atoms with Crippen molar-refractivity contribution in [1.82, 2.24) is 5.32 Å². The number of aryl methyl sites for hydroxylation is 1. The summed E-state index contributed by atoms with van der Waals surface area (Å²) in [6.45, 7) is 3.99.